The SMILES string of the molecule is Nc1ccccc1C(=O)O.[Ca]. The number of aromatic carboxylic acids is 1. The molecule has 0 aromatic heterocycles. The Hall–Kier alpha value is -0.250. The van der Waals surface area contributed by atoms with Crippen LogP contribution >= 0.6 is 0 Å². The van der Waals surface area contributed by atoms with Crippen LogP contribution in [0.1, 0.15) is 10.4 Å². The maximum Gasteiger partial charge on any atom is 0.337 e. The molecule has 0 atom stereocenters. The molecule has 0 unspecified atom stereocenters. The molecule has 0 heterocycles. The summed E-state index contributed by atoms with van der Waals surface area (Å²) in [6.45, 7) is 0. The molecule has 0 bridgehead atoms. The number of nitrogens with two attached hydrogens (primary N) is 1. The molecule has 1 rings (SSSR count). The molecule has 2 radical (unpaired) electrons. The van der Waals surface area contributed by atoms with Crippen molar-refractivity contribution >= 4 is 49.4 Å². The van der Waals surface area contributed by atoms with Crippen molar-refractivity contribution in [2.45, 2.75) is 0 Å². The maximum atomic E-state index is 10.3. The Morgan fingerprint density at radius 2 is 1.91 bits per heavy atom. The topological polar surface area (TPSA) is 63.3 Å². The average Bonchev–Trinajstić information content (AvgIpc) is 1.88. The number of para-hydroxylation sites is 1. The van der Waals surface area contributed by atoms with Crippen LogP contribution < -0.4 is 5.73 Å². The summed E-state index contributed by atoms with van der Waals surface area (Å²) in [5, 5.41) is 8.49. The zero-order valence-electron chi connectivity index (χ0n) is 5.95. The largest absolute Gasteiger partial charge is 0.478 e. The molecule has 0 amide bonds. The van der Waals surface area contributed by atoms with Gasteiger partial charge in [-0.1, -0.05) is 12.1 Å². The van der Waals surface area contributed by atoms with Crippen LogP contribution in [0.4, 0.5) is 5.69 Å². The summed E-state index contributed by atoms with van der Waals surface area (Å²) in [5.41, 5.74) is 5.80. The minimum atomic E-state index is -0.988. The zero-order chi connectivity index (χ0) is 7.56. The second kappa shape index (κ2) is 4.59. The minimum Gasteiger partial charge on any atom is -0.478 e. The fraction of sp³-hybridized carbons (Fsp3) is 0. The van der Waals surface area contributed by atoms with Crippen molar-refractivity contribution in [2.24, 2.45) is 0 Å². The first-order valence-corrected chi connectivity index (χ1v) is 2.79. The van der Waals surface area contributed by atoms with E-state index >= 15 is 0 Å². The molecule has 11 heavy (non-hydrogen) atoms. The van der Waals surface area contributed by atoms with Gasteiger partial charge in [-0.25, -0.2) is 4.79 Å². The van der Waals surface area contributed by atoms with E-state index in [9.17, 15) is 4.79 Å². The molecular formula is C7H7CaNO2. The fourth-order valence-electron chi connectivity index (χ4n) is 0.692. The fourth-order valence-corrected chi connectivity index (χ4v) is 0.692. The van der Waals surface area contributed by atoms with Crippen LogP contribution in [0.5, 0.6) is 0 Å². The van der Waals surface area contributed by atoms with Crippen LogP contribution in [0.25, 0.3) is 0 Å². The van der Waals surface area contributed by atoms with Crippen molar-refractivity contribution < 1.29 is 9.90 Å². The first-order chi connectivity index (χ1) is 4.72. The van der Waals surface area contributed by atoms with E-state index < -0.39 is 5.97 Å². The third-order valence-electron chi connectivity index (χ3n) is 1.19. The van der Waals surface area contributed by atoms with Crippen LogP contribution in [0.2, 0.25) is 0 Å². The van der Waals surface area contributed by atoms with Crippen molar-refractivity contribution in [1.82, 2.24) is 0 Å². The number of carboxylic acid groups (broad SMARTS) is 1. The molecule has 0 fully saturated rings. The second-order valence-electron chi connectivity index (χ2n) is 1.89. The summed E-state index contributed by atoms with van der Waals surface area (Å²) in [4.78, 5) is 10.3. The van der Waals surface area contributed by atoms with E-state index in [1.54, 1.807) is 18.2 Å². The molecule has 0 saturated carbocycles. The number of carbonyl (C=O) groups is 1. The third-order valence-corrected chi connectivity index (χ3v) is 1.19. The van der Waals surface area contributed by atoms with Crippen LogP contribution in [-0.2, 0) is 0 Å². The van der Waals surface area contributed by atoms with E-state index in [-0.39, 0.29) is 43.3 Å². The standard InChI is InChI=1S/C7H7NO2.Ca/c8-6-4-2-1-3-5(6)7(9)10;/h1-4H,8H2,(H,9,10);. The molecule has 0 saturated heterocycles. The van der Waals surface area contributed by atoms with Crippen LogP contribution in [-0.4, -0.2) is 48.8 Å². The first-order valence-electron chi connectivity index (χ1n) is 2.79. The molecular weight excluding hydrogens is 170 g/mol. The number of nitrogen functional groups attached to an aromatic ring is 1. The smallest absolute Gasteiger partial charge is 0.337 e. The van der Waals surface area contributed by atoms with Gasteiger partial charge >= 0.3 is 5.97 Å². The van der Waals surface area contributed by atoms with Gasteiger partial charge in [-0.05, 0) is 12.1 Å². The van der Waals surface area contributed by atoms with Crippen LogP contribution in [0.3, 0.4) is 0 Å². The summed E-state index contributed by atoms with van der Waals surface area (Å²) in [5.74, 6) is -0.988. The second-order valence-corrected chi connectivity index (χ2v) is 1.89. The van der Waals surface area contributed by atoms with E-state index in [1.165, 1.54) is 6.07 Å². The van der Waals surface area contributed by atoms with Crippen molar-refractivity contribution in [3.8, 4) is 0 Å². The molecule has 1 aromatic carbocycles. The van der Waals surface area contributed by atoms with Crippen molar-refractivity contribution in [3.63, 3.8) is 0 Å². The average molecular weight is 177 g/mol. The summed E-state index contributed by atoms with van der Waals surface area (Å²) in [7, 11) is 0. The minimum absolute atomic E-state index is 0. The van der Waals surface area contributed by atoms with E-state index in [2.05, 4.69) is 0 Å². The van der Waals surface area contributed by atoms with Gasteiger partial charge in [0.15, 0.2) is 0 Å². The van der Waals surface area contributed by atoms with Crippen molar-refractivity contribution in [1.29, 1.82) is 0 Å². The quantitative estimate of drug-likeness (QED) is 0.487. The van der Waals surface area contributed by atoms with E-state index in [4.69, 9.17) is 10.8 Å². The summed E-state index contributed by atoms with van der Waals surface area (Å²) in [6, 6.07) is 6.36. The first kappa shape index (κ1) is 10.7. The van der Waals surface area contributed by atoms with Crippen LogP contribution in [0, 0.1) is 0 Å². The van der Waals surface area contributed by atoms with Gasteiger partial charge in [-0.3, -0.25) is 0 Å². The number of benzene rings is 1. The van der Waals surface area contributed by atoms with Gasteiger partial charge in [0.05, 0.1) is 5.56 Å². The summed E-state index contributed by atoms with van der Waals surface area (Å²) in [6.07, 6.45) is 0. The van der Waals surface area contributed by atoms with Gasteiger partial charge in [-0.2, -0.15) is 0 Å². The van der Waals surface area contributed by atoms with Crippen molar-refractivity contribution in [3.05, 3.63) is 29.8 Å². The molecule has 54 valence electrons. The van der Waals surface area contributed by atoms with Gasteiger partial charge in [-0.15, -0.1) is 0 Å². The summed E-state index contributed by atoms with van der Waals surface area (Å²) >= 11 is 0. The Labute approximate surface area is 94.2 Å². The molecule has 4 heteroatoms. The molecule has 0 spiro atoms. The van der Waals surface area contributed by atoms with Gasteiger partial charge in [0.25, 0.3) is 0 Å². The van der Waals surface area contributed by atoms with Gasteiger partial charge in [0.2, 0.25) is 0 Å². The molecule has 3 N–H and O–H groups in total. The Morgan fingerprint density at radius 3 is 2.27 bits per heavy atom. The molecule has 0 aliphatic heterocycles. The number of hydrogen-bond acceptors (Lipinski definition) is 2. The molecule has 0 aliphatic carbocycles. The zero-order valence-corrected chi connectivity index (χ0v) is 8.16. The van der Waals surface area contributed by atoms with Crippen LogP contribution in [0.15, 0.2) is 24.3 Å². The Kier molecular flexibility index (Phi) is 4.49. The number of hydrogen-bond donors (Lipinski definition) is 2. The number of rotatable bonds is 1. The molecule has 0 aliphatic rings. The van der Waals surface area contributed by atoms with Gasteiger partial charge in [0, 0.05) is 43.4 Å². The predicted molar refractivity (Wildman–Crippen MR) is 43.6 cm³/mol. The number of anilines is 1. The van der Waals surface area contributed by atoms with E-state index in [1.807, 2.05) is 0 Å². The Bertz CT molecular complexity index is 262. The molecule has 3 nitrogen and oxygen atoms in total. The normalized spacial score (nSPS) is 8.36. The van der Waals surface area contributed by atoms with Crippen molar-refractivity contribution in [2.75, 3.05) is 5.73 Å². The molecule has 1 aromatic rings. The van der Waals surface area contributed by atoms with E-state index in [0.717, 1.165) is 0 Å². The monoisotopic (exact) mass is 177 g/mol. The Morgan fingerprint density at radius 1 is 1.36 bits per heavy atom. The van der Waals surface area contributed by atoms with Gasteiger partial charge < -0.3 is 10.8 Å². The Balaban J connectivity index is 0.000001000. The number of carboxylic acids is 1. The third kappa shape index (κ3) is 2.69. The maximum absolute atomic E-state index is 10.3. The van der Waals surface area contributed by atoms with Gasteiger partial charge in [0.1, 0.15) is 0 Å². The van der Waals surface area contributed by atoms with E-state index in [0.29, 0.717) is 5.69 Å². The predicted octanol–water partition coefficient (Wildman–Crippen LogP) is 0.586. The summed E-state index contributed by atoms with van der Waals surface area (Å²) < 4.78 is 0.